The van der Waals surface area contributed by atoms with E-state index in [1.165, 1.54) is 129 Å². The van der Waals surface area contributed by atoms with E-state index in [4.69, 9.17) is 66.3 Å². The van der Waals surface area contributed by atoms with Crippen molar-refractivity contribution in [3.05, 3.63) is 24.3 Å². The van der Waals surface area contributed by atoms with Crippen LogP contribution in [0.2, 0.25) is 0 Å². The molecule has 0 aliphatic carbocycles. The van der Waals surface area contributed by atoms with E-state index in [0.29, 0.717) is 12.8 Å². The molecule has 3 amide bonds. The molecule has 7 fully saturated rings. The average molecular weight is 1850 g/mol. The highest BCUT2D eigenvalue weighted by molar-refractivity contribution is 5.76. The van der Waals surface area contributed by atoms with Gasteiger partial charge in [-0.3, -0.25) is 14.4 Å². The van der Waals surface area contributed by atoms with Crippen molar-refractivity contribution in [2.45, 2.75) is 467 Å². The lowest BCUT2D eigenvalue weighted by Crippen LogP contribution is -2.71. The van der Waals surface area contributed by atoms with Crippen molar-refractivity contribution in [2.75, 3.05) is 46.2 Å². The van der Waals surface area contributed by atoms with E-state index in [0.717, 1.165) is 78.1 Å². The normalized spacial score (nSPS) is 37.7. The number of carbonyl (C=O) groups is 3. The molecule has 0 saturated carbocycles. The van der Waals surface area contributed by atoms with Gasteiger partial charge in [-0.25, -0.2) is 0 Å². The molecule has 7 saturated heterocycles. The van der Waals surface area contributed by atoms with Crippen molar-refractivity contribution in [1.82, 2.24) is 16.0 Å². The first-order valence-electron chi connectivity index (χ1n) is 47.0. The van der Waals surface area contributed by atoms with E-state index >= 15 is 0 Å². The topological polar surface area (TPSA) is 621 Å². The summed E-state index contributed by atoms with van der Waals surface area (Å²) in [6.45, 7) is 0.951. The highest BCUT2D eigenvalue weighted by Crippen LogP contribution is 2.39. The monoisotopic (exact) mass is 1850 g/mol. The lowest BCUT2D eigenvalue weighted by Gasteiger charge is -2.51. The first kappa shape index (κ1) is 112. The predicted molar refractivity (Wildman–Crippen MR) is 453 cm³/mol. The van der Waals surface area contributed by atoms with Crippen molar-refractivity contribution in [3.63, 3.8) is 0 Å². The molecule has 7 aliphatic rings. The number of hydrogen-bond acceptors (Lipinski definition) is 37. The van der Waals surface area contributed by atoms with Crippen LogP contribution in [0.4, 0.5) is 0 Å². The third kappa shape index (κ3) is 33.8. The summed E-state index contributed by atoms with van der Waals surface area (Å²) in [5.74, 6) is -2.19. The van der Waals surface area contributed by atoms with E-state index in [-0.39, 0.29) is 12.3 Å². The first-order chi connectivity index (χ1) is 61.5. The molecule has 40 nitrogen and oxygen atoms in total. The van der Waals surface area contributed by atoms with Gasteiger partial charge in [0.2, 0.25) is 17.7 Å². The van der Waals surface area contributed by atoms with Crippen molar-refractivity contribution in [3.8, 4) is 0 Å². The Kier molecular flexibility index (Phi) is 51.9. The number of aliphatic hydroxyl groups is 20. The van der Waals surface area contributed by atoms with Gasteiger partial charge in [-0.1, -0.05) is 192 Å². The van der Waals surface area contributed by atoms with E-state index < -0.39 is 285 Å². The number of nitrogens with one attached hydrogen (secondary N) is 3. The molecule has 40 heteroatoms. The van der Waals surface area contributed by atoms with Gasteiger partial charge in [0.25, 0.3) is 0 Å². The zero-order chi connectivity index (χ0) is 93.5. The van der Waals surface area contributed by atoms with Gasteiger partial charge in [0.05, 0.1) is 64.5 Å². The van der Waals surface area contributed by atoms with Crippen LogP contribution in [0.15, 0.2) is 24.3 Å². The SMILES string of the molecule is CCCCCCCC/C=C\CCCCCCCCCCCCCC(=O)N[C@@H](CO[C@@H]1OC(CO)[C@@H](O[C@@H]2OC(CO)[C@H](O)[C@H](O[C@@H]3OC(CO)[C@@H](O)[C@H](O[C@@H]4OC(CO)[C@H](O)[C@H](O[C@@H]5OC(CO)[C@@H](O)[C@H](O[C@@H]6OC(CO)[C@H](O)[C@H](O)C6O[C@H]6OC(C)[C@@H](O)C(O)[C@@H]6O)C5NC(C)=O)C4O)C3NC(C)=O)C2O)[C@H](O)C1O)[C@H](O)/C=C/CCCCCCCCCCCCC. The standard InChI is InChI=1S/C88H157N3O37/c1-6-8-10-12-14-16-18-20-21-22-23-24-25-26-27-29-31-33-35-37-39-41-60(101)91-52(53(100)40-38-36-34-32-30-28-19-17-15-13-11-9-7-2)48-115-84-73(112)71(110)76(59(47-97)122-84)123-86-74(113)79(67(106)57(45-95)119-86)126-82-61(89-50(4)98)77(65(104)55(43-93)117-82)124-87-75(114)80(68(107)58(46-96)120-87)127-83-62(90-51(5)99)78(66(105)56(44-94)118-83)125-88-81(70(109)64(103)54(42-92)121-88)128-85-72(111)69(108)63(102)49(3)116-85/h20-21,38,40,49,52-59,61-88,92-97,100,102-114H,6-19,22-37,39,41-48H2,1-5H3,(H,89,98)(H,90,99)(H,91,101)/b21-20-,40-38+/t49?,52-,53+,54?,55?,56?,57?,58?,59?,61?,62?,63+,64-,65+,66+,67-,68-,69?,70-,71+,72-,73?,74?,75?,76+,77+,78+,79-,80-,81?,82-,83-,84+,85+,86-,87-,88-/m0/s1. The number of aliphatic hydroxyl groups excluding tert-OH is 20. The van der Waals surface area contributed by atoms with Gasteiger partial charge in [-0.05, 0) is 51.9 Å². The zero-order valence-corrected chi connectivity index (χ0v) is 75.1. The summed E-state index contributed by atoms with van der Waals surface area (Å²) in [4.78, 5) is 40.1. The summed E-state index contributed by atoms with van der Waals surface area (Å²) >= 11 is 0. The van der Waals surface area contributed by atoms with Gasteiger partial charge >= 0.3 is 0 Å². The Balaban J connectivity index is 1.00. The maximum atomic E-state index is 13.7. The number of rotatable bonds is 59. The molecule has 23 N–H and O–H groups in total. The van der Waals surface area contributed by atoms with E-state index in [1.807, 2.05) is 6.08 Å². The number of carbonyl (C=O) groups excluding carboxylic acids is 3. The van der Waals surface area contributed by atoms with E-state index in [2.05, 4.69) is 41.9 Å². The Hall–Kier alpha value is -3.47. The lowest BCUT2D eigenvalue weighted by molar-refractivity contribution is -0.391. The number of hydrogen-bond donors (Lipinski definition) is 23. The molecule has 7 rings (SSSR count). The molecular weight excluding hydrogens is 1690 g/mol. The first-order valence-corrected chi connectivity index (χ1v) is 47.0. The Bertz CT molecular complexity index is 3070. The summed E-state index contributed by atoms with van der Waals surface area (Å²) in [6, 6.07) is -4.89. The molecule has 0 aromatic rings. The van der Waals surface area contributed by atoms with Gasteiger partial charge in [0.15, 0.2) is 44.0 Å². The van der Waals surface area contributed by atoms with Crippen LogP contribution in [-0.2, 0) is 80.7 Å². The van der Waals surface area contributed by atoms with Crippen LogP contribution < -0.4 is 16.0 Å². The van der Waals surface area contributed by atoms with Crippen molar-refractivity contribution < 1.29 is 183 Å². The second kappa shape index (κ2) is 59.5. The minimum absolute atomic E-state index is 0.155. The van der Waals surface area contributed by atoms with E-state index in [9.17, 15) is 117 Å². The molecule has 128 heavy (non-hydrogen) atoms. The van der Waals surface area contributed by atoms with Crippen LogP contribution in [0.25, 0.3) is 0 Å². The largest absolute Gasteiger partial charge is 0.394 e. The van der Waals surface area contributed by atoms with Gasteiger partial charge in [-0.2, -0.15) is 0 Å². The number of allylic oxidation sites excluding steroid dienone is 3. The van der Waals surface area contributed by atoms with Gasteiger partial charge in [0, 0.05) is 20.3 Å². The quantitative estimate of drug-likeness (QED) is 0.0244. The third-order valence-corrected chi connectivity index (χ3v) is 25.0. The Morgan fingerprint density at radius 3 is 1.06 bits per heavy atom. The molecule has 0 aromatic heterocycles. The predicted octanol–water partition coefficient (Wildman–Crippen LogP) is -1.46. The minimum atomic E-state index is -2.37. The molecule has 0 bridgehead atoms. The Morgan fingerprint density at radius 1 is 0.320 bits per heavy atom. The molecule has 746 valence electrons. The molecule has 14 unspecified atom stereocenters. The zero-order valence-electron chi connectivity index (χ0n) is 75.1. The van der Waals surface area contributed by atoms with Crippen LogP contribution in [0.3, 0.4) is 0 Å². The van der Waals surface area contributed by atoms with Crippen LogP contribution in [0, 0.1) is 0 Å². The molecule has 0 aromatic carbocycles. The van der Waals surface area contributed by atoms with Gasteiger partial charge < -0.3 is 184 Å². The van der Waals surface area contributed by atoms with Gasteiger partial charge in [0.1, 0.15) is 165 Å². The molecule has 7 aliphatic heterocycles. The van der Waals surface area contributed by atoms with Crippen molar-refractivity contribution in [2.24, 2.45) is 0 Å². The smallest absolute Gasteiger partial charge is 0.220 e. The summed E-state index contributed by atoms with van der Waals surface area (Å²) < 4.78 is 83.7. The van der Waals surface area contributed by atoms with Crippen LogP contribution in [0.1, 0.15) is 240 Å². The maximum Gasteiger partial charge on any atom is 0.220 e. The third-order valence-electron chi connectivity index (χ3n) is 25.0. The number of ether oxygens (including phenoxy) is 14. The molecular formula is C88H157N3O37. The summed E-state index contributed by atoms with van der Waals surface area (Å²) in [5, 5.41) is 233. The molecule has 7 heterocycles. The average Bonchev–Trinajstić information content (AvgIpc) is 0.764. The highest BCUT2D eigenvalue weighted by Gasteiger charge is 2.60. The Labute approximate surface area is 751 Å². The number of amides is 3. The lowest BCUT2D eigenvalue weighted by atomic mass is 9.93. The van der Waals surface area contributed by atoms with E-state index in [1.54, 1.807) is 6.08 Å². The van der Waals surface area contributed by atoms with Crippen LogP contribution in [0.5, 0.6) is 0 Å². The number of unbranched alkanes of at least 4 members (excludes halogenated alkanes) is 28. The fraction of sp³-hybridized carbons (Fsp3) is 0.920. The van der Waals surface area contributed by atoms with Crippen LogP contribution >= 0.6 is 0 Å². The second-order valence-corrected chi connectivity index (χ2v) is 35.2. The fourth-order valence-corrected chi connectivity index (χ4v) is 17.3. The van der Waals surface area contributed by atoms with Crippen molar-refractivity contribution in [1.29, 1.82) is 0 Å². The van der Waals surface area contributed by atoms with Crippen LogP contribution in [-0.4, -0.2) is 393 Å². The summed E-state index contributed by atoms with van der Waals surface area (Å²) in [6.07, 6.45) is -22.6. The molecule has 0 radical (unpaired) electrons. The minimum Gasteiger partial charge on any atom is -0.394 e. The fourth-order valence-electron chi connectivity index (χ4n) is 17.3. The molecule has 37 atom stereocenters. The summed E-state index contributed by atoms with van der Waals surface area (Å²) in [5.41, 5.74) is 0. The van der Waals surface area contributed by atoms with Gasteiger partial charge in [-0.15, -0.1) is 0 Å². The summed E-state index contributed by atoms with van der Waals surface area (Å²) in [7, 11) is 0. The Morgan fingerprint density at radius 2 is 0.641 bits per heavy atom. The molecule has 0 spiro atoms. The highest BCUT2D eigenvalue weighted by atomic mass is 16.8. The van der Waals surface area contributed by atoms with Crippen molar-refractivity contribution >= 4 is 17.7 Å². The maximum absolute atomic E-state index is 13.7. The second-order valence-electron chi connectivity index (χ2n) is 35.2.